The van der Waals surface area contributed by atoms with E-state index in [4.69, 9.17) is 11.2 Å². The number of hydrogen-bond donors (Lipinski definition) is 1. The summed E-state index contributed by atoms with van der Waals surface area (Å²) >= 11 is 0. The number of methoxy groups -OCH3 is 1. The van der Waals surface area contributed by atoms with Gasteiger partial charge in [0.25, 0.3) is 0 Å². The van der Waals surface area contributed by atoms with E-state index in [1.54, 1.807) is 18.2 Å². The van der Waals surface area contributed by atoms with Gasteiger partial charge in [0.05, 0.1) is 12.6 Å². The molecule has 1 aromatic carbocycles. The molecule has 0 saturated heterocycles. The normalized spacial score (nSPS) is 10.9. The third kappa shape index (κ3) is 2.98. The van der Waals surface area contributed by atoms with Crippen molar-refractivity contribution in [3.8, 4) is 18.1 Å². The van der Waals surface area contributed by atoms with Gasteiger partial charge >= 0.3 is 0 Å². The quantitative estimate of drug-likeness (QED) is 0.788. The van der Waals surface area contributed by atoms with Crippen LogP contribution < -0.4 is 10.1 Å². The lowest BCUT2D eigenvalue weighted by atomic mass is 10.1. The molecule has 16 heavy (non-hydrogen) atoms. The van der Waals surface area contributed by atoms with Crippen LogP contribution in [0.1, 0.15) is 19.4 Å². The molecule has 0 aliphatic heterocycles. The molecule has 2 nitrogen and oxygen atoms in total. The van der Waals surface area contributed by atoms with Gasteiger partial charge in [0.15, 0.2) is 11.6 Å². The number of hydrogen-bond acceptors (Lipinski definition) is 2. The average Bonchev–Trinajstić information content (AvgIpc) is 2.28. The largest absolute Gasteiger partial charge is 0.494 e. The molecule has 1 aromatic rings. The molecule has 0 aliphatic carbocycles. The van der Waals surface area contributed by atoms with E-state index in [0.717, 1.165) is 0 Å². The second-order valence-electron chi connectivity index (χ2n) is 4.06. The summed E-state index contributed by atoms with van der Waals surface area (Å²) < 4.78 is 18.6. The molecule has 0 heterocycles. The summed E-state index contributed by atoms with van der Waals surface area (Å²) in [5.74, 6) is 2.50. The van der Waals surface area contributed by atoms with Crippen molar-refractivity contribution >= 4 is 0 Å². The molecule has 0 saturated carbocycles. The highest BCUT2D eigenvalue weighted by Gasteiger charge is 2.14. The molecule has 0 fully saturated rings. The molecular weight excluding hydrogens is 205 g/mol. The fourth-order valence-corrected chi connectivity index (χ4v) is 1.22. The van der Waals surface area contributed by atoms with Gasteiger partial charge in [0.2, 0.25) is 0 Å². The zero-order valence-electron chi connectivity index (χ0n) is 9.80. The number of terminal acetylenes is 1. The van der Waals surface area contributed by atoms with E-state index in [1.807, 2.05) is 13.8 Å². The first-order chi connectivity index (χ1) is 7.50. The van der Waals surface area contributed by atoms with E-state index >= 15 is 0 Å². The molecule has 1 N–H and O–H groups in total. The maximum absolute atomic E-state index is 13.7. The highest BCUT2D eigenvalue weighted by molar-refractivity contribution is 5.31. The van der Waals surface area contributed by atoms with Crippen molar-refractivity contribution in [2.45, 2.75) is 25.9 Å². The molecule has 0 amide bonds. The standard InChI is InChI=1S/C13H16FNO/c1-5-13(2,3)15-9-10-7-6-8-11(16-4)12(10)14/h1,6-8,15H,9H2,2-4H3. The minimum absolute atomic E-state index is 0.248. The molecule has 86 valence electrons. The molecule has 0 radical (unpaired) electrons. The van der Waals surface area contributed by atoms with E-state index in [0.29, 0.717) is 12.1 Å². The van der Waals surface area contributed by atoms with Crippen molar-refractivity contribution in [3.63, 3.8) is 0 Å². The first-order valence-corrected chi connectivity index (χ1v) is 5.04. The first kappa shape index (κ1) is 12.5. The Morgan fingerprint density at radius 1 is 1.50 bits per heavy atom. The van der Waals surface area contributed by atoms with Crippen LogP contribution in [-0.2, 0) is 6.54 Å². The smallest absolute Gasteiger partial charge is 0.169 e. The number of halogens is 1. The molecule has 0 bridgehead atoms. The summed E-state index contributed by atoms with van der Waals surface area (Å²) in [5, 5.41) is 3.09. The van der Waals surface area contributed by atoms with E-state index in [1.165, 1.54) is 7.11 Å². The van der Waals surface area contributed by atoms with Crippen LogP contribution in [0.5, 0.6) is 5.75 Å². The van der Waals surface area contributed by atoms with Gasteiger partial charge in [-0.25, -0.2) is 4.39 Å². The van der Waals surface area contributed by atoms with Crippen LogP contribution in [0, 0.1) is 18.2 Å². The fraction of sp³-hybridized carbons (Fsp3) is 0.385. The Morgan fingerprint density at radius 3 is 2.75 bits per heavy atom. The highest BCUT2D eigenvalue weighted by Crippen LogP contribution is 2.20. The van der Waals surface area contributed by atoms with Crippen molar-refractivity contribution in [2.75, 3.05) is 7.11 Å². The number of benzene rings is 1. The van der Waals surface area contributed by atoms with E-state index in [-0.39, 0.29) is 11.6 Å². The minimum atomic E-state index is -0.449. The molecule has 0 aliphatic rings. The van der Waals surface area contributed by atoms with Crippen molar-refractivity contribution in [1.82, 2.24) is 5.32 Å². The van der Waals surface area contributed by atoms with Gasteiger partial charge in [-0.05, 0) is 19.9 Å². The Kier molecular flexibility index (Phi) is 3.92. The predicted octanol–water partition coefficient (Wildman–Crippen LogP) is 2.34. The topological polar surface area (TPSA) is 21.3 Å². The molecule has 0 unspecified atom stereocenters. The fourth-order valence-electron chi connectivity index (χ4n) is 1.22. The Morgan fingerprint density at radius 2 is 2.19 bits per heavy atom. The second-order valence-corrected chi connectivity index (χ2v) is 4.06. The monoisotopic (exact) mass is 221 g/mol. The van der Waals surface area contributed by atoms with Crippen LogP contribution in [0.4, 0.5) is 4.39 Å². The van der Waals surface area contributed by atoms with E-state index < -0.39 is 5.54 Å². The van der Waals surface area contributed by atoms with Crippen molar-refractivity contribution < 1.29 is 9.13 Å². The lowest BCUT2D eigenvalue weighted by Crippen LogP contribution is -2.37. The SMILES string of the molecule is C#CC(C)(C)NCc1cccc(OC)c1F. The Balaban J connectivity index is 2.80. The molecule has 0 aromatic heterocycles. The van der Waals surface area contributed by atoms with E-state index in [9.17, 15) is 4.39 Å². The molecule has 3 heteroatoms. The van der Waals surface area contributed by atoms with Crippen molar-refractivity contribution in [2.24, 2.45) is 0 Å². The summed E-state index contributed by atoms with van der Waals surface area (Å²) in [4.78, 5) is 0. The summed E-state index contributed by atoms with van der Waals surface area (Å²) in [6, 6.07) is 5.05. The summed E-state index contributed by atoms with van der Waals surface area (Å²) in [5.41, 5.74) is 0.0953. The van der Waals surface area contributed by atoms with Crippen LogP contribution >= 0.6 is 0 Å². The summed E-state index contributed by atoms with van der Waals surface area (Å²) in [6.45, 7) is 4.11. The third-order valence-corrected chi connectivity index (χ3v) is 2.34. The number of nitrogens with one attached hydrogen (secondary N) is 1. The number of ether oxygens (including phenoxy) is 1. The van der Waals surface area contributed by atoms with Crippen LogP contribution in [0.15, 0.2) is 18.2 Å². The Hall–Kier alpha value is -1.53. The van der Waals surface area contributed by atoms with Gasteiger partial charge in [-0.2, -0.15) is 0 Å². The zero-order chi connectivity index (χ0) is 12.2. The van der Waals surface area contributed by atoms with Crippen LogP contribution in [-0.4, -0.2) is 12.6 Å². The van der Waals surface area contributed by atoms with Crippen molar-refractivity contribution in [3.05, 3.63) is 29.6 Å². The summed E-state index contributed by atoms with van der Waals surface area (Å²) in [6.07, 6.45) is 5.33. The Labute approximate surface area is 95.8 Å². The second kappa shape index (κ2) is 5.00. The minimum Gasteiger partial charge on any atom is -0.494 e. The zero-order valence-corrected chi connectivity index (χ0v) is 9.80. The Bertz CT molecular complexity index is 407. The molecule has 0 atom stereocenters. The van der Waals surface area contributed by atoms with Gasteiger partial charge in [-0.15, -0.1) is 6.42 Å². The van der Waals surface area contributed by atoms with E-state index in [2.05, 4.69) is 11.2 Å². The van der Waals surface area contributed by atoms with Gasteiger partial charge < -0.3 is 4.74 Å². The molecular formula is C13H16FNO. The maximum Gasteiger partial charge on any atom is 0.169 e. The number of rotatable bonds is 4. The maximum atomic E-state index is 13.7. The van der Waals surface area contributed by atoms with Crippen LogP contribution in [0.25, 0.3) is 0 Å². The highest BCUT2D eigenvalue weighted by atomic mass is 19.1. The lowest BCUT2D eigenvalue weighted by Gasteiger charge is -2.20. The van der Waals surface area contributed by atoms with Crippen LogP contribution in [0.2, 0.25) is 0 Å². The van der Waals surface area contributed by atoms with Gasteiger partial charge in [-0.1, -0.05) is 18.1 Å². The third-order valence-electron chi connectivity index (χ3n) is 2.34. The molecule has 0 spiro atoms. The van der Waals surface area contributed by atoms with Crippen molar-refractivity contribution in [1.29, 1.82) is 0 Å². The molecule has 1 rings (SSSR count). The first-order valence-electron chi connectivity index (χ1n) is 5.04. The van der Waals surface area contributed by atoms with Gasteiger partial charge in [0.1, 0.15) is 0 Å². The van der Waals surface area contributed by atoms with Crippen LogP contribution in [0.3, 0.4) is 0 Å². The summed E-state index contributed by atoms with van der Waals surface area (Å²) in [7, 11) is 1.45. The average molecular weight is 221 g/mol. The van der Waals surface area contributed by atoms with Gasteiger partial charge in [0, 0.05) is 12.1 Å². The lowest BCUT2D eigenvalue weighted by molar-refractivity contribution is 0.381. The predicted molar refractivity (Wildman–Crippen MR) is 62.7 cm³/mol. The van der Waals surface area contributed by atoms with Gasteiger partial charge in [-0.3, -0.25) is 5.32 Å².